The van der Waals surface area contributed by atoms with Crippen LogP contribution >= 0.6 is 0 Å². The lowest BCUT2D eigenvalue weighted by Gasteiger charge is -2.22. The van der Waals surface area contributed by atoms with Crippen molar-refractivity contribution in [2.75, 3.05) is 32.2 Å². The van der Waals surface area contributed by atoms with Gasteiger partial charge in [0, 0.05) is 49.7 Å². The average molecular weight is 584 g/mol. The Kier molecular flexibility index (Phi) is 10.6. The Hall–Kier alpha value is -4.98. The van der Waals surface area contributed by atoms with E-state index in [-0.39, 0.29) is 24.5 Å². The van der Waals surface area contributed by atoms with Crippen LogP contribution < -0.4 is 14.4 Å². The lowest BCUT2D eigenvalue weighted by atomic mass is 9.84. The van der Waals surface area contributed by atoms with Gasteiger partial charge in [-0.3, -0.25) is 9.59 Å². The summed E-state index contributed by atoms with van der Waals surface area (Å²) in [6.07, 6.45) is 0.935. The van der Waals surface area contributed by atoms with E-state index in [1.807, 2.05) is 104 Å². The standard InChI is InChI=1S/C35H37NO7/c1-36(2)31-8-4-3-7-29(31)26-15-20-30(32(37)23-26)35(24-11-16-27(17-12-24)42-21-5-9-33(38)39)25-13-18-28(19-14-25)43-22-6-10-34(40)41/h3-4,7-8,11-20,23,35,37H,5-6,9-10,21-22H2,1-2H3,(H,38,39)(H,40,41). The van der Waals surface area contributed by atoms with Gasteiger partial charge in [-0.05, 0) is 65.9 Å². The summed E-state index contributed by atoms with van der Waals surface area (Å²) in [6, 6.07) is 29.0. The van der Waals surface area contributed by atoms with Crippen LogP contribution in [0.15, 0.2) is 91.0 Å². The number of hydrogen-bond acceptors (Lipinski definition) is 6. The van der Waals surface area contributed by atoms with E-state index in [0.717, 1.165) is 33.5 Å². The van der Waals surface area contributed by atoms with Gasteiger partial charge >= 0.3 is 11.9 Å². The average Bonchev–Trinajstić information content (AvgIpc) is 2.99. The van der Waals surface area contributed by atoms with Crippen LogP contribution in [0.1, 0.15) is 48.3 Å². The predicted octanol–water partition coefficient (Wildman–Crippen LogP) is 6.79. The molecule has 0 radical (unpaired) electrons. The van der Waals surface area contributed by atoms with Gasteiger partial charge in [0.25, 0.3) is 0 Å². The number of carbonyl (C=O) groups is 2. The fourth-order valence-corrected chi connectivity index (χ4v) is 4.95. The summed E-state index contributed by atoms with van der Waals surface area (Å²) in [7, 11) is 3.98. The fourth-order valence-electron chi connectivity index (χ4n) is 4.95. The molecule has 0 aliphatic heterocycles. The Balaban J connectivity index is 1.64. The molecule has 3 N–H and O–H groups in total. The minimum atomic E-state index is -0.852. The smallest absolute Gasteiger partial charge is 0.303 e. The van der Waals surface area contributed by atoms with Crippen LogP contribution in [0.25, 0.3) is 11.1 Å². The summed E-state index contributed by atoms with van der Waals surface area (Å²) in [4.78, 5) is 23.6. The first-order valence-corrected chi connectivity index (χ1v) is 14.2. The molecule has 0 aliphatic rings. The number of carboxylic acids is 2. The third-order valence-electron chi connectivity index (χ3n) is 7.07. The highest BCUT2D eigenvalue weighted by molar-refractivity contribution is 5.79. The SMILES string of the molecule is CN(C)c1ccccc1-c1ccc(C(c2ccc(OCCCC(=O)O)cc2)c2ccc(OCCCC(=O)O)cc2)c(O)c1. The molecular formula is C35H37NO7. The van der Waals surface area contributed by atoms with E-state index < -0.39 is 11.9 Å². The number of benzene rings is 4. The molecule has 0 aromatic heterocycles. The highest BCUT2D eigenvalue weighted by atomic mass is 16.5. The Morgan fingerprint density at radius 1 is 0.721 bits per heavy atom. The number of aromatic hydroxyl groups is 1. The summed E-state index contributed by atoms with van der Waals surface area (Å²) in [6.45, 7) is 0.610. The van der Waals surface area contributed by atoms with Gasteiger partial charge in [0.05, 0.1) is 13.2 Å². The molecule has 4 aromatic rings. The molecule has 0 atom stereocenters. The molecule has 0 saturated carbocycles. The molecule has 0 unspecified atom stereocenters. The third-order valence-corrected chi connectivity index (χ3v) is 7.07. The van der Waals surface area contributed by atoms with Crippen molar-refractivity contribution in [3.05, 3.63) is 108 Å². The molecule has 43 heavy (non-hydrogen) atoms. The molecular weight excluding hydrogens is 546 g/mol. The van der Waals surface area contributed by atoms with Crippen molar-refractivity contribution in [3.8, 4) is 28.4 Å². The Bertz CT molecular complexity index is 1450. The Morgan fingerprint density at radius 3 is 1.70 bits per heavy atom. The van der Waals surface area contributed by atoms with E-state index in [2.05, 4.69) is 0 Å². The molecule has 4 aromatic carbocycles. The predicted molar refractivity (Wildman–Crippen MR) is 166 cm³/mol. The quantitative estimate of drug-likeness (QED) is 0.103. The number of rotatable bonds is 15. The van der Waals surface area contributed by atoms with Gasteiger partial charge in [-0.15, -0.1) is 0 Å². The molecule has 224 valence electrons. The topological polar surface area (TPSA) is 117 Å². The van der Waals surface area contributed by atoms with E-state index in [9.17, 15) is 14.7 Å². The van der Waals surface area contributed by atoms with Gasteiger partial charge in [-0.2, -0.15) is 0 Å². The lowest BCUT2D eigenvalue weighted by molar-refractivity contribution is -0.138. The molecule has 0 fully saturated rings. The number of nitrogens with zero attached hydrogens (tertiary/aromatic N) is 1. The van der Waals surface area contributed by atoms with Gasteiger partial charge in [-0.25, -0.2) is 0 Å². The van der Waals surface area contributed by atoms with Gasteiger partial charge < -0.3 is 29.7 Å². The summed E-state index contributed by atoms with van der Waals surface area (Å²) < 4.78 is 11.5. The van der Waals surface area contributed by atoms with Crippen molar-refractivity contribution >= 4 is 17.6 Å². The van der Waals surface area contributed by atoms with Crippen LogP contribution in [0.3, 0.4) is 0 Å². The van der Waals surface area contributed by atoms with Crippen LogP contribution in [0.5, 0.6) is 17.2 Å². The van der Waals surface area contributed by atoms with Crippen molar-refractivity contribution in [2.45, 2.75) is 31.6 Å². The minimum absolute atomic E-state index is 0.0493. The number of carboxylic acid groups (broad SMARTS) is 2. The first kappa shape index (κ1) is 31.0. The largest absolute Gasteiger partial charge is 0.508 e. The van der Waals surface area contributed by atoms with Crippen LogP contribution in [-0.4, -0.2) is 54.6 Å². The van der Waals surface area contributed by atoms with E-state index in [1.54, 1.807) is 6.07 Å². The number of anilines is 1. The summed E-state index contributed by atoms with van der Waals surface area (Å²) in [5, 5.41) is 29.1. The zero-order valence-corrected chi connectivity index (χ0v) is 24.4. The van der Waals surface area contributed by atoms with Crippen molar-refractivity contribution in [2.24, 2.45) is 0 Å². The molecule has 0 amide bonds. The second-order valence-corrected chi connectivity index (χ2v) is 10.4. The molecule has 0 spiro atoms. The van der Waals surface area contributed by atoms with E-state index >= 15 is 0 Å². The van der Waals surface area contributed by atoms with Gasteiger partial charge in [-0.1, -0.05) is 54.6 Å². The zero-order chi connectivity index (χ0) is 30.8. The normalized spacial score (nSPS) is 10.9. The summed E-state index contributed by atoms with van der Waals surface area (Å²) in [5.41, 5.74) is 5.56. The van der Waals surface area contributed by atoms with Crippen molar-refractivity contribution in [3.63, 3.8) is 0 Å². The van der Waals surface area contributed by atoms with E-state index in [1.165, 1.54) is 0 Å². The second-order valence-electron chi connectivity index (χ2n) is 10.4. The number of phenolic OH excluding ortho intramolecular Hbond substituents is 1. The van der Waals surface area contributed by atoms with Crippen molar-refractivity contribution in [1.29, 1.82) is 0 Å². The number of para-hydroxylation sites is 1. The molecule has 0 bridgehead atoms. The van der Waals surface area contributed by atoms with Crippen LogP contribution in [0.4, 0.5) is 5.69 Å². The molecule has 8 heteroatoms. The summed E-state index contributed by atoms with van der Waals surface area (Å²) in [5.74, 6) is -0.570. The van der Waals surface area contributed by atoms with Gasteiger partial charge in [0.15, 0.2) is 0 Å². The molecule has 0 saturated heterocycles. The highest BCUT2D eigenvalue weighted by Gasteiger charge is 2.21. The van der Waals surface area contributed by atoms with Crippen molar-refractivity contribution in [1.82, 2.24) is 0 Å². The molecule has 0 heterocycles. The fraction of sp³-hybridized carbons (Fsp3) is 0.257. The van der Waals surface area contributed by atoms with Crippen LogP contribution in [0.2, 0.25) is 0 Å². The highest BCUT2D eigenvalue weighted by Crippen LogP contribution is 2.41. The molecule has 4 rings (SSSR count). The molecule has 8 nitrogen and oxygen atoms in total. The lowest BCUT2D eigenvalue weighted by Crippen LogP contribution is -2.09. The summed E-state index contributed by atoms with van der Waals surface area (Å²) >= 11 is 0. The maximum absolute atomic E-state index is 11.4. The maximum atomic E-state index is 11.4. The molecule has 0 aliphatic carbocycles. The number of aliphatic carboxylic acids is 2. The number of hydrogen-bond donors (Lipinski definition) is 3. The van der Waals surface area contributed by atoms with E-state index in [0.29, 0.717) is 37.6 Å². The van der Waals surface area contributed by atoms with Crippen LogP contribution in [0, 0.1) is 0 Å². The van der Waals surface area contributed by atoms with Crippen molar-refractivity contribution < 1.29 is 34.4 Å². The second kappa shape index (κ2) is 14.8. The number of ether oxygens (including phenoxy) is 2. The first-order chi connectivity index (χ1) is 20.7. The number of phenols is 1. The van der Waals surface area contributed by atoms with Gasteiger partial charge in [0.2, 0.25) is 0 Å². The minimum Gasteiger partial charge on any atom is -0.508 e. The third kappa shape index (κ3) is 8.52. The van der Waals surface area contributed by atoms with Gasteiger partial charge in [0.1, 0.15) is 17.2 Å². The zero-order valence-electron chi connectivity index (χ0n) is 24.4. The Morgan fingerprint density at radius 2 is 1.23 bits per heavy atom. The Labute approximate surface area is 251 Å². The monoisotopic (exact) mass is 583 g/mol. The first-order valence-electron chi connectivity index (χ1n) is 14.2. The maximum Gasteiger partial charge on any atom is 0.303 e. The van der Waals surface area contributed by atoms with E-state index in [4.69, 9.17) is 19.7 Å². The van der Waals surface area contributed by atoms with Crippen LogP contribution in [-0.2, 0) is 9.59 Å².